The van der Waals surface area contributed by atoms with Crippen molar-refractivity contribution in [3.8, 4) is 0 Å². The molecule has 0 amide bonds. The summed E-state index contributed by atoms with van der Waals surface area (Å²) in [4.78, 5) is 0. The zero-order valence-corrected chi connectivity index (χ0v) is 10.4. The van der Waals surface area contributed by atoms with Gasteiger partial charge in [0.2, 0.25) is 0 Å². The van der Waals surface area contributed by atoms with Crippen molar-refractivity contribution in [3.05, 3.63) is 35.4 Å². The normalized spacial score (nSPS) is 11.1. The Balaban J connectivity index is 2.22. The second-order valence-corrected chi connectivity index (χ2v) is 4.31. The van der Waals surface area contributed by atoms with Crippen LogP contribution < -0.4 is 10.6 Å². The minimum absolute atomic E-state index is 0.164. The largest absolute Gasteiger partial charge is 0.315 e. The van der Waals surface area contributed by atoms with E-state index in [9.17, 15) is 8.78 Å². The lowest BCUT2D eigenvalue weighted by Gasteiger charge is -2.09. The molecule has 0 aliphatic rings. The van der Waals surface area contributed by atoms with Crippen LogP contribution in [0.3, 0.4) is 0 Å². The Labute approximate surface area is 101 Å². The van der Waals surface area contributed by atoms with Crippen molar-refractivity contribution in [3.63, 3.8) is 0 Å². The summed E-state index contributed by atoms with van der Waals surface area (Å²) in [5.74, 6) is -0.931. The van der Waals surface area contributed by atoms with Crippen LogP contribution in [0.5, 0.6) is 0 Å². The van der Waals surface area contributed by atoms with Crippen LogP contribution in [-0.4, -0.2) is 25.7 Å². The van der Waals surface area contributed by atoms with Crippen molar-refractivity contribution < 1.29 is 8.78 Å². The number of halogens is 2. The molecule has 0 radical (unpaired) electrons. The van der Waals surface area contributed by atoms with E-state index in [1.165, 1.54) is 18.2 Å². The van der Waals surface area contributed by atoms with Crippen molar-refractivity contribution in [2.45, 2.75) is 26.3 Å². The molecule has 1 aromatic rings. The predicted octanol–water partition coefficient (Wildman–Crippen LogP) is 2.09. The van der Waals surface area contributed by atoms with E-state index in [1.807, 2.05) is 0 Å². The fourth-order valence-electron chi connectivity index (χ4n) is 1.56. The van der Waals surface area contributed by atoms with Crippen molar-refractivity contribution in [1.82, 2.24) is 10.6 Å². The lowest BCUT2D eigenvalue weighted by molar-refractivity contribution is 0.533. The van der Waals surface area contributed by atoms with Crippen molar-refractivity contribution >= 4 is 0 Å². The van der Waals surface area contributed by atoms with Gasteiger partial charge in [-0.3, -0.25) is 0 Å². The van der Waals surface area contributed by atoms with E-state index >= 15 is 0 Å². The fourth-order valence-corrected chi connectivity index (χ4v) is 1.56. The quantitative estimate of drug-likeness (QED) is 0.715. The Kier molecular flexibility index (Phi) is 6.08. The Hall–Kier alpha value is -1.00. The summed E-state index contributed by atoms with van der Waals surface area (Å²) in [7, 11) is 0. The van der Waals surface area contributed by atoms with Crippen LogP contribution in [0.15, 0.2) is 18.2 Å². The lowest BCUT2D eigenvalue weighted by atomic mass is 10.1. The third-order valence-corrected chi connectivity index (χ3v) is 2.47. The van der Waals surface area contributed by atoms with Crippen molar-refractivity contribution in [2.24, 2.45) is 0 Å². The minimum atomic E-state index is -0.466. The third-order valence-electron chi connectivity index (χ3n) is 2.47. The van der Waals surface area contributed by atoms with E-state index in [0.717, 1.165) is 13.1 Å². The highest BCUT2D eigenvalue weighted by Gasteiger charge is 2.06. The standard InChI is InChI=1S/C13H20F2N2/c1-10(2)17-9-8-16-7-6-11-12(14)4-3-5-13(11)15/h3-5,10,16-17H,6-9H2,1-2H3. The number of nitrogens with one attached hydrogen (secondary N) is 2. The van der Waals surface area contributed by atoms with Crippen molar-refractivity contribution in [2.75, 3.05) is 19.6 Å². The van der Waals surface area contributed by atoms with Gasteiger partial charge in [0.05, 0.1) is 0 Å². The summed E-state index contributed by atoms with van der Waals surface area (Å²) in [6.07, 6.45) is 0.375. The molecular weight excluding hydrogens is 222 g/mol. The number of hydrogen-bond donors (Lipinski definition) is 2. The number of benzene rings is 1. The predicted molar refractivity (Wildman–Crippen MR) is 66.1 cm³/mol. The summed E-state index contributed by atoms with van der Waals surface area (Å²) in [6.45, 7) is 6.40. The van der Waals surface area contributed by atoms with Gasteiger partial charge < -0.3 is 10.6 Å². The molecule has 0 saturated carbocycles. The van der Waals surface area contributed by atoms with Gasteiger partial charge in [-0.15, -0.1) is 0 Å². The molecule has 0 fully saturated rings. The van der Waals surface area contributed by atoms with Crippen LogP contribution in [0.1, 0.15) is 19.4 Å². The van der Waals surface area contributed by atoms with E-state index in [4.69, 9.17) is 0 Å². The van der Waals surface area contributed by atoms with Gasteiger partial charge in [0, 0.05) is 24.7 Å². The second-order valence-electron chi connectivity index (χ2n) is 4.31. The molecule has 17 heavy (non-hydrogen) atoms. The van der Waals surface area contributed by atoms with E-state index < -0.39 is 11.6 Å². The monoisotopic (exact) mass is 242 g/mol. The van der Waals surface area contributed by atoms with Crippen LogP contribution in [-0.2, 0) is 6.42 Å². The summed E-state index contributed by atoms with van der Waals surface area (Å²) < 4.78 is 26.5. The smallest absolute Gasteiger partial charge is 0.129 e. The molecule has 0 bridgehead atoms. The van der Waals surface area contributed by atoms with Gasteiger partial charge in [0.15, 0.2) is 0 Å². The minimum Gasteiger partial charge on any atom is -0.315 e. The Morgan fingerprint density at radius 3 is 2.29 bits per heavy atom. The van der Waals surface area contributed by atoms with Gasteiger partial charge >= 0.3 is 0 Å². The van der Waals surface area contributed by atoms with Gasteiger partial charge in [-0.2, -0.15) is 0 Å². The first kappa shape index (κ1) is 14.1. The molecule has 1 rings (SSSR count). The Bertz CT molecular complexity index is 320. The molecule has 0 heterocycles. The van der Waals surface area contributed by atoms with Crippen LogP contribution in [0.4, 0.5) is 8.78 Å². The van der Waals surface area contributed by atoms with Gasteiger partial charge in [-0.25, -0.2) is 8.78 Å². The van der Waals surface area contributed by atoms with Crippen LogP contribution in [0.2, 0.25) is 0 Å². The summed E-state index contributed by atoms with van der Waals surface area (Å²) in [6, 6.07) is 4.42. The molecule has 96 valence electrons. The molecular formula is C13H20F2N2. The zero-order valence-electron chi connectivity index (χ0n) is 10.4. The number of rotatable bonds is 7. The maximum atomic E-state index is 13.3. The highest BCUT2D eigenvalue weighted by atomic mass is 19.1. The molecule has 2 nitrogen and oxygen atoms in total. The highest BCUT2D eigenvalue weighted by molar-refractivity contribution is 5.19. The fraction of sp³-hybridized carbons (Fsp3) is 0.538. The van der Waals surface area contributed by atoms with Crippen LogP contribution in [0.25, 0.3) is 0 Å². The maximum absolute atomic E-state index is 13.3. The van der Waals surface area contributed by atoms with E-state index in [0.29, 0.717) is 19.0 Å². The van der Waals surface area contributed by atoms with Gasteiger partial charge in [-0.1, -0.05) is 19.9 Å². The van der Waals surface area contributed by atoms with Crippen LogP contribution >= 0.6 is 0 Å². The second kappa shape index (κ2) is 7.35. The summed E-state index contributed by atoms with van der Waals surface area (Å²) in [5, 5.41) is 6.40. The average Bonchev–Trinajstić information content (AvgIpc) is 2.26. The molecule has 0 unspecified atom stereocenters. The molecule has 2 N–H and O–H groups in total. The van der Waals surface area contributed by atoms with E-state index in [1.54, 1.807) is 0 Å². The summed E-state index contributed by atoms with van der Waals surface area (Å²) in [5.41, 5.74) is 0.164. The third kappa shape index (κ3) is 5.24. The first-order valence-electron chi connectivity index (χ1n) is 5.98. The van der Waals surface area contributed by atoms with Gasteiger partial charge in [-0.05, 0) is 25.1 Å². The van der Waals surface area contributed by atoms with Gasteiger partial charge in [0.1, 0.15) is 11.6 Å². The molecule has 0 saturated heterocycles. The summed E-state index contributed by atoms with van der Waals surface area (Å²) >= 11 is 0. The Morgan fingerprint density at radius 2 is 1.71 bits per heavy atom. The highest BCUT2D eigenvalue weighted by Crippen LogP contribution is 2.11. The SMILES string of the molecule is CC(C)NCCNCCc1c(F)cccc1F. The number of hydrogen-bond acceptors (Lipinski definition) is 2. The van der Waals surface area contributed by atoms with Gasteiger partial charge in [0.25, 0.3) is 0 Å². The average molecular weight is 242 g/mol. The molecule has 0 aliphatic carbocycles. The van der Waals surface area contributed by atoms with Crippen molar-refractivity contribution in [1.29, 1.82) is 0 Å². The molecule has 0 aliphatic heterocycles. The molecule has 4 heteroatoms. The molecule has 0 atom stereocenters. The molecule has 0 aromatic heterocycles. The lowest BCUT2D eigenvalue weighted by Crippen LogP contribution is -2.32. The molecule has 0 spiro atoms. The first-order valence-corrected chi connectivity index (χ1v) is 5.98. The first-order chi connectivity index (χ1) is 8.11. The topological polar surface area (TPSA) is 24.1 Å². The van der Waals surface area contributed by atoms with Crippen LogP contribution in [0, 0.1) is 11.6 Å². The molecule has 1 aromatic carbocycles. The maximum Gasteiger partial charge on any atom is 0.129 e. The zero-order chi connectivity index (χ0) is 12.7. The Morgan fingerprint density at radius 1 is 1.06 bits per heavy atom. The van der Waals surface area contributed by atoms with E-state index in [2.05, 4.69) is 24.5 Å². The van der Waals surface area contributed by atoms with E-state index in [-0.39, 0.29) is 5.56 Å².